The summed E-state index contributed by atoms with van der Waals surface area (Å²) in [5.41, 5.74) is 1.26. The minimum atomic E-state index is -0.000405. The lowest BCUT2D eigenvalue weighted by Crippen LogP contribution is -2.33. The summed E-state index contributed by atoms with van der Waals surface area (Å²) in [7, 11) is 4.08. The van der Waals surface area contributed by atoms with E-state index in [2.05, 4.69) is 22.3 Å². The molecule has 1 N–H and O–H groups in total. The Morgan fingerprint density at radius 2 is 2.00 bits per heavy atom. The number of carbonyl (C=O) groups excluding carboxylic acids is 1. The molecule has 0 heterocycles. The highest BCUT2D eigenvalue weighted by atomic mass is 32.2. The lowest BCUT2D eigenvalue weighted by molar-refractivity contribution is -0.120. The fourth-order valence-corrected chi connectivity index (χ4v) is 2.49. The van der Waals surface area contributed by atoms with Crippen LogP contribution in [0.4, 0.5) is 0 Å². The standard InChI is InChI=1S/C15H24N2OS/c1-13(15(18)16-10-7-11-17(2)3)19-12-14-8-5-4-6-9-14/h4-6,8-9,13H,7,10-12H2,1-3H3,(H,16,18). The average Bonchev–Trinajstić information content (AvgIpc) is 2.41. The highest BCUT2D eigenvalue weighted by Crippen LogP contribution is 2.17. The molecule has 4 heteroatoms. The number of nitrogens with one attached hydrogen (secondary N) is 1. The predicted octanol–water partition coefficient (Wildman–Crippen LogP) is 2.38. The number of carbonyl (C=O) groups is 1. The maximum Gasteiger partial charge on any atom is 0.232 e. The zero-order valence-corrected chi connectivity index (χ0v) is 12.9. The van der Waals surface area contributed by atoms with Gasteiger partial charge in [0.25, 0.3) is 0 Å². The number of thioether (sulfide) groups is 1. The first-order valence-corrected chi connectivity index (χ1v) is 7.72. The van der Waals surface area contributed by atoms with E-state index in [9.17, 15) is 4.79 Å². The van der Waals surface area contributed by atoms with Gasteiger partial charge in [-0.25, -0.2) is 0 Å². The molecule has 0 aliphatic rings. The van der Waals surface area contributed by atoms with Crippen LogP contribution in [0.5, 0.6) is 0 Å². The molecule has 0 bridgehead atoms. The minimum Gasteiger partial charge on any atom is -0.355 e. The molecular weight excluding hydrogens is 256 g/mol. The molecule has 0 saturated carbocycles. The lowest BCUT2D eigenvalue weighted by atomic mass is 10.2. The van der Waals surface area contributed by atoms with Crippen LogP contribution in [0.3, 0.4) is 0 Å². The Morgan fingerprint density at radius 1 is 1.32 bits per heavy atom. The topological polar surface area (TPSA) is 32.3 Å². The van der Waals surface area contributed by atoms with Crippen LogP contribution in [0.1, 0.15) is 18.9 Å². The minimum absolute atomic E-state index is 0.000405. The van der Waals surface area contributed by atoms with E-state index in [0.717, 1.165) is 25.3 Å². The summed E-state index contributed by atoms with van der Waals surface area (Å²) in [6.45, 7) is 3.73. The fraction of sp³-hybridized carbons (Fsp3) is 0.533. The van der Waals surface area contributed by atoms with Crippen molar-refractivity contribution in [3.8, 4) is 0 Å². The van der Waals surface area contributed by atoms with E-state index in [-0.39, 0.29) is 11.2 Å². The van der Waals surface area contributed by atoms with Crippen molar-refractivity contribution < 1.29 is 4.79 Å². The summed E-state index contributed by atoms with van der Waals surface area (Å²) in [5.74, 6) is 1.02. The molecule has 0 saturated heterocycles. The van der Waals surface area contributed by atoms with Crippen LogP contribution in [-0.2, 0) is 10.5 Å². The molecule has 0 aromatic heterocycles. The van der Waals surface area contributed by atoms with Crippen LogP contribution in [0.25, 0.3) is 0 Å². The molecule has 106 valence electrons. The first-order valence-electron chi connectivity index (χ1n) is 6.67. The number of hydrogen-bond acceptors (Lipinski definition) is 3. The Balaban J connectivity index is 2.18. The van der Waals surface area contributed by atoms with Crippen molar-refractivity contribution in [1.29, 1.82) is 0 Å². The third kappa shape index (κ3) is 7.23. The van der Waals surface area contributed by atoms with Crippen LogP contribution in [0.2, 0.25) is 0 Å². The van der Waals surface area contributed by atoms with Gasteiger partial charge in [0.05, 0.1) is 5.25 Å². The van der Waals surface area contributed by atoms with E-state index in [0.29, 0.717) is 0 Å². The van der Waals surface area contributed by atoms with Gasteiger partial charge in [0.2, 0.25) is 5.91 Å². The van der Waals surface area contributed by atoms with Crippen molar-refractivity contribution in [1.82, 2.24) is 10.2 Å². The van der Waals surface area contributed by atoms with Crippen LogP contribution >= 0.6 is 11.8 Å². The van der Waals surface area contributed by atoms with Crippen molar-refractivity contribution in [3.63, 3.8) is 0 Å². The number of nitrogens with zero attached hydrogens (tertiary/aromatic N) is 1. The van der Waals surface area contributed by atoms with Gasteiger partial charge in [0, 0.05) is 12.3 Å². The first kappa shape index (κ1) is 16.1. The molecule has 1 aromatic rings. The summed E-state index contributed by atoms with van der Waals surface area (Å²) in [6, 6.07) is 10.3. The summed E-state index contributed by atoms with van der Waals surface area (Å²) < 4.78 is 0. The summed E-state index contributed by atoms with van der Waals surface area (Å²) in [4.78, 5) is 14.0. The molecule has 1 amide bonds. The molecule has 3 nitrogen and oxygen atoms in total. The second-order valence-electron chi connectivity index (χ2n) is 4.89. The Bertz CT molecular complexity index is 368. The van der Waals surface area contributed by atoms with Crippen molar-refractivity contribution in [2.24, 2.45) is 0 Å². The number of amides is 1. The van der Waals surface area contributed by atoms with Gasteiger partial charge in [-0.1, -0.05) is 30.3 Å². The summed E-state index contributed by atoms with van der Waals surface area (Å²) in [5, 5.41) is 2.99. The van der Waals surface area contributed by atoms with Crippen molar-refractivity contribution in [2.75, 3.05) is 27.2 Å². The zero-order valence-electron chi connectivity index (χ0n) is 12.1. The van der Waals surface area contributed by atoms with Crippen LogP contribution in [0.15, 0.2) is 30.3 Å². The van der Waals surface area contributed by atoms with Crippen molar-refractivity contribution in [2.45, 2.75) is 24.3 Å². The van der Waals surface area contributed by atoms with Gasteiger partial charge in [0.1, 0.15) is 0 Å². The number of rotatable bonds is 8. The van der Waals surface area contributed by atoms with E-state index >= 15 is 0 Å². The van der Waals surface area contributed by atoms with Gasteiger partial charge in [-0.05, 0) is 39.5 Å². The van der Waals surface area contributed by atoms with Crippen LogP contribution < -0.4 is 5.32 Å². The normalized spacial score (nSPS) is 12.4. The van der Waals surface area contributed by atoms with Gasteiger partial charge in [0.15, 0.2) is 0 Å². The summed E-state index contributed by atoms with van der Waals surface area (Å²) >= 11 is 1.68. The molecule has 1 aromatic carbocycles. The Hall–Kier alpha value is -1.00. The van der Waals surface area contributed by atoms with Gasteiger partial charge >= 0.3 is 0 Å². The molecule has 0 spiro atoms. The van der Waals surface area contributed by atoms with E-state index in [1.54, 1.807) is 11.8 Å². The van der Waals surface area contributed by atoms with Gasteiger partial charge in [-0.15, -0.1) is 11.8 Å². The Labute approximate surface area is 120 Å². The molecule has 19 heavy (non-hydrogen) atoms. The van der Waals surface area contributed by atoms with Crippen molar-refractivity contribution in [3.05, 3.63) is 35.9 Å². The highest BCUT2D eigenvalue weighted by molar-refractivity contribution is 7.99. The maximum absolute atomic E-state index is 11.9. The lowest BCUT2D eigenvalue weighted by Gasteiger charge is -2.13. The Kier molecular flexibility index (Phi) is 7.60. The molecule has 0 fully saturated rings. The molecule has 0 radical (unpaired) electrons. The van der Waals surface area contributed by atoms with E-state index < -0.39 is 0 Å². The fourth-order valence-electron chi connectivity index (χ4n) is 1.62. The first-order chi connectivity index (χ1) is 9.09. The number of hydrogen-bond donors (Lipinski definition) is 1. The van der Waals surface area contributed by atoms with Crippen LogP contribution in [0, 0.1) is 0 Å². The highest BCUT2D eigenvalue weighted by Gasteiger charge is 2.12. The largest absolute Gasteiger partial charge is 0.355 e. The maximum atomic E-state index is 11.9. The van der Waals surface area contributed by atoms with E-state index in [4.69, 9.17) is 0 Å². The van der Waals surface area contributed by atoms with Gasteiger partial charge in [-0.3, -0.25) is 4.79 Å². The monoisotopic (exact) mass is 280 g/mol. The second kappa shape index (κ2) is 8.99. The predicted molar refractivity (Wildman–Crippen MR) is 83.4 cm³/mol. The quantitative estimate of drug-likeness (QED) is 0.742. The summed E-state index contributed by atoms with van der Waals surface area (Å²) in [6.07, 6.45) is 0.995. The smallest absolute Gasteiger partial charge is 0.232 e. The molecule has 1 atom stereocenters. The third-order valence-electron chi connectivity index (χ3n) is 2.79. The molecule has 1 rings (SSSR count). The molecular formula is C15H24N2OS. The molecule has 0 aliphatic carbocycles. The van der Waals surface area contributed by atoms with Gasteiger partial charge in [-0.2, -0.15) is 0 Å². The SMILES string of the molecule is CC(SCc1ccccc1)C(=O)NCCCN(C)C. The van der Waals surface area contributed by atoms with E-state index in [1.807, 2.05) is 39.2 Å². The van der Waals surface area contributed by atoms with E-state index in [1.165, 1.54) is 5.56 Å². The van der Waals surface area contributed by atoms with Gasteiger partial charge < -0.3 is 10.2 Å². The molecule has 1 unspecified atom stereocenters. The average molecular weight is 280 g/mol. The van der Waals surface area contributed by atoms with Crippen molar-refractivity contribution >= 4 is 17.7 Å². The van der Waals surface area contributed by atoms with Crippen LogP contribution in [-0.4, -0.2) is 43.2 Å². The number of benzene rings is 1. The third-order valence-corrected chi connectivity index (χ3v) is 4.01. The molecule has 0 aliphatic heterocycles. The zero-order chi connectivity index (χ0) is 14.1. The second-order valence-corrected chi connectivity index (χ2v) is 6.22. The Morgan fingerprint density at radius 3 is 2.63 bits per heavy atom.